The summed E-state index contributed by atoms with van der Waals surface area (Å²) in [6, 6.07) is 8.02. The second kappa shape index (κ2) is 7.54. The highest BCUT2D eigenvalue weighted by Gasteiger charge is 2.19. The van der Waals surface area contributed by atoms with Crippen LogP contribution >= 0.6 is 15.9 Å². The van der Waals surface area contributed by atoms with E-state index in [1.807, 2.05) is 38.1 Å². The van der Waals surface area contributed by atoms with E-state index in [4.69, 9.17) is 5.11 Å². The summed E-state index contributed by atoms with van der Waals surface area (Å²) >= 11 is 3.39. The van der Waals surface area contributed by atoms with E-state index in [9.17, 15) is 4.79 Å². The first-order valence-electron chi connectivity index (χ1n) is 6.22. The van der Waals surface area contributed by atoms with E-state index in [0.717, 1.165) is 16.5 Å². The number of aliphatic hydroxyl groups excluding tert-OH is 1. The Hall–Kier alpha value is -0.870. The average molecular weight is 314 g/mol. The zero-order chi connectivity index (χ0) is 13.5. The van der Waals surface area contributed by atoms with E-state index in [1.54, 1.807) is 4.90 Å². The maximum atomic E-state index is 12.1. The highest BCUT2D eigenvalue weighted by atomic mass is 79.9. The van der Waals surface area contributed by atoms with Crippen molar-refractivity contribution in [2.24, 2.45) is 5.92 Å². The van der Waals surface area contributed by atoms with Gasteiger partial charge in [0.2, 0.25) is 5.91 Å². The van der Waals surface area contributed by atoms with Crippen molar-refractivity contribution in [2.75, 3.05) is 19.7 Å². The molecule has 1 amide bonds. The molecule has 0 saturated carbocycles. The number of carbonyl (C=O) groups excluding carboxylic acids is 1. The van der Waals surface area contributed by atoms with Crippen LogP contribution in [0.25, 0.3) is 0 Å². The van der Waals surface area contributed by atoms with E-state index in [0.29, 0.717) is 13.1 Å². The van der Waals surface area contributed by atoms with Gasteiger partial charge in [0, 0.05) is 23.5 Å². The molecule has 18 heavy (non-hydrogen) atoms. The van der Waals surface area contributed by atoms with Crippen LogP contribution in [-0.2, 0) is 11.2 Å². The Bertz CT molecular complexity index is 378. The summed E-state index contributed by atoms with van der Waals surface area (Å²) in [4.78, 5) is 13.8. The maximum absolute atomic E-state index is 12.1. The van der Waals surface area contributed by atoms with Gasteiger partial charge < -0.3 is 10.0 Å². The predicted octanol–water partition coefficient (Wildman–Crippen LogP) is 2.47. The van der Waals surface area contributed by atoms with Gasteiger partial charge in [0.05, 0.1) is 6.61 Å². The van der Waals surface area contributed by atoms with Gasteiger partial charge in [0.15, 0.2) is 0 Å². The molecule has 0 heterocycles. The summed E-state index contributed by atoms with van der Waals surface area (Å²) in [6.45, 7) is 4.94. The fraction of sp³-hybridized carbons (Fsp3) is 0.500. The van der Waals surface area contributed by atoms with Crippen LogP contribution in [0.5, 0.6) is 0 Å². The summed E-state index contributed by atoms with van der Waals surface area (Å²) in [5.74, 6) is 0.0483. The number of hydrogen-bond donors (Lipinski definition) is 1. The van der Waals surface area contributed by atoms with Crippen LogP contribution in [0.2, 0.25) is 0 Å². The fourth-order valence-corrected chi connectivity index (χ4v) is 2.18. The van der Waals surface area contributed by atoms with Crippen molar-refractivity contribution < 1.29 is 9.90 Å². The van der Waals surface area contributed by atoms with Crippen LogP contribution in [-0.4, -0.2) is 35.6 Å². The van der Waals surface area contributed by atoms with Crippen LogP contribution in [0.4, 0.5) is 0 Å². The summed E-state index contributed by atoms with van der Waals surface area (Å²) in [6.07, 6.45) is 0.730. The largest absolute Gasteiger partial charge is 0.395 e. The van der Waals surface area contributed by atoms with Gasteiger partial charge in [-0.2, -0.15) is 0 Å². The lowest BCUT2D eigenvalue weighted by Gasteiger charge is -2.23. The molecule has 0 bridgehead atoms. The van der Waals surface area contributed by atoms with E-state index in [-0.39, 0.29) is 18.4 Å². The molecule has 1 unspecified atom stereocenters. The quantitative estimate of drug-likeness (QED) is 0.876. The van der Waals surface area contributed by atoms with E-state index in [1.165, 1.54) is 0 Å². The van der Waals surface area contributed by atoms with Gasteiger partial charge in [-0.25, -0.2) is 0 Å². The molecule has 0 aromatic heterocycles. The molecule has 0 aliphatic rings. The highest BCUT2D eigenvalue weighted by molar-refractivity contribution is 9.10. The van der Waals surface area contributed by atoms with Gasteiger partial charge in [-0.1, -0.05) is 35.0 Å². The third-order valence-electron chi connectivity index (χ3n) is 2.94. The van der Waals surface area contributed by atoms with Crippen molar-refractivity contribution in [2.45, 2.75) is 20.3 Å². The lowest BCUT2D eigenvalue weighted by atomic mass is 10.00. The lowest BCUT2D eigenvalue weighted by molar-refractivity contribution is -0.135. The molecule has 4 heteroatoms. The SMILES string of the molecule is CCN(CCO)C(=O)C(C)Cc1ccc(Br)cc1. The normalized spacial score (nSPS) is 12.2. The van der Waals surface area contributed by atoms with Gasteiger partial charge >= 0.3 is 0 Å². The van der Waals surface area contributed by atoms with Gasteiger partial charge in [-0.05, 0) is 31.0 Å². The van der Waals surface area contributed by atoms with Crippen molar-refractivity contribution in [1.82, 2.24) is 4.90 Å². The van der Waals surface area contributed by atoms with Gasteiger partial charge in [-0.15, -0.1) is 0 Å². The first kappa shape index (κ1) is 15.2. The first-order valence-corrected chi connectivity index (χ1v) is 7.01. The molecule has 100 valence electrons. The molecule has 0 saturated heterocycles. The average Bonchev–Trinajstić information content (AvgIpc) is 2.37. The molecule has 0 aliphatic carbocycles. The smallest absolute Gasteiger partial charge is 0.225 e. The van der Waals surface area contributed by atoms with Gasteiger partial charge in [-0.3, -0.25) is 4.79 Å². The van der Waals surface area contributed by atoms with Crippen molar-refractivity contribution in [3.05, 3.63) is 34.3 Å². The number of rotatable bonds is 6. The number of hydrogen-bond acceptors (Lipinski definition) is 2. The lowest BCUT2D eigenvalue weighted by Crippen LogP contribution is -2.37. The molecule has 0 fully saturated rings. The van der Waals surface area contributed by atoms with Crippen molar-refractivity contribution >= 4 is 21.8 Å². The van der Waals surface area contributed by atoms with Crippen molar-refractivity contribution in [3.8, 4) is 0 Å². The summed E-state index contributed by atoms with van der Waals surface area (Å²) in [5.41, 5.74) is 1.15. The second-order valence-corrected chi connectivity index (χ2v) is 5.29. The molecule has 1 atom stereocenters. The number of halogens is 1. The van der Waals surface area contributed by atoms with Crippen LogP contribution in [0.15, 0.2) is 28.7 Å². The molecule has 1 rings (SSSR count). The first-order chi connectivity index (χ1) is 8.58. The number of aliphatic hydroxyl groups is 1. The van der Waals surface area contributed by atoms with Crippen LogP contribution in [0.3, 0.4) is 0 Å². The molecular formula is C14H20BrNO2. The van der Waals surface area contributed by atoms with Crippen LogP contribution in [0, 0.1) is 5.92 Å². The molecule has 1 N–H and O–H groups in total. The minimum atomic E-state index is -0.0577. The van der Waals surface area contributed by atoms with Gasteiger partial charge in [0.25, 0.3) is 0 Å². The molecule has 3 nitrogen and oxygen atoms in total. The standard InChI is InChI=1S/C14H20BrNO2/c1-3-16(8-9-17)14(18)11(2)10-12-4-6-13(15)7-5-12/h4-7,11,17H,3,8-10H2,1-2H3. The van der Waals surface area contributed by atoms with Crippen LogP contribution < -0.4 is 0 Å². The molecule has 0 spiro atoms. The number of benzene rings is 1. The Labute approximate surface area is 117 Å². The molecule has 1 aromatic carbocycles. The van der Waals surface area contributed by atoms with Crippen LogP contribution in [0.1, 0.15) is 19.4 Å². The number of amides is 1. The summed E-state index contributed by atoms with van der Waals surface area (Å²) in [7, 11) is 0. The summed E-state index contributed by atoms with van der Waals surface area (Å²) < 4.78 is 1.04. The van der Waals surface area contributed by atoms with E-state index in [2.05, 4.69) is 15.9 Å². The second-order valence-electron chi connectivity index (χ2n) is 4.37. The Morgan fingerprint density at radius 1 is 1.39 bits per heavy atom. The minimum absolute atomic E-state index is 0.0184. The maximum Gasteiger partial charge on any atom is 0.225 e. The molecular weight excluding hydrogens is 294 g/mol. The molecule has 0 radical (unpaired) electrons. The van der Waals surface area contributed by atoms with E-state index >= 15 is 0 Å². The van der Waals surface area contributed by atoms with Crippen molar-refractivity contribution in [1.29, 1.82) is 0 Å². The molecule has 1 aromatic rings. The van der Waals surface area contributed by atoms with Gasteiger partial charge in [0.1, 0.15) is 0 Å². The predicted molar refractivity (Wildman–Crippen MR) is 76.3 cm³/mol. The number of likely N-dealkylation sites (N-methyl/N-ethyl adjacent to an activating group) is 1. The highest BCUT2D eigenvalue weighted by Crippen LogP contribution is 2.15. The monoisotopic (exact) mass is 313 g/mol. The molecule has 0 aliphatic heterocycles. The zero-order valence-corrected chi connectivity index (χ0v) is 12.5. The Morgan fingerprint density at radius 3 is 2.50 bits per heavy atom. The Balaban J connectivity index is 2.61. The third kappa shape index (κ3) is 4.42. The third-order valence-corrected chi connectivity index (χ3v) is 3.47. The topological polar surface area (TPSA) is 40.5 Å². The zero-order valence-electron chi connectivity index (χ0n) is 10.9. The number of nitrogens with zero attached hydrogens (tertiary/aromatic N) is 1. The van der Waals surface area contributed by atoms with Crippen molar-refractivity contribution in [3.63, 3.8) is 0 Å². The minimum Gasteiger partial charge on any atom is -0.395 e. The fourth-order valence-electron chi connectivity index (χ4n) is 1.92. The number of carbonyl (C=O) groups is 1. The summed E-state index contributed by atoms with van der Waals surface area (Å²) in [5, 5.41) is 8.92. The Kier molecular flexibility index (Phi) is 6.36. The Morgan fingerprint density at radius 2 is 2.00 bits per heavy atom. The van der Waals surface area contributed by atoms with E-state index < -0.39 is 0 Å².